The molecule has 1 unspecified atom stereocenters. The smallest absolute Gasteiger partial charge is 0.223 e. The molecule has 0 radical (unpaired) electrons. The lowest BCUT2D eigenvalue weighted by molar-refractivity contribution is -0.133. The summed E-state index contributed by atoms with van der Waals surface area (Å²) in [7, 11) is 0. The summed E-state index contributed by atoms with van der Waals surface area (Å²) >= 11 is 0. The summed E-state index contributed by atoms with van der Waals surface area (Å²) < 4.78 is 0. The third-order valence-electron chi connectivity index (χ3n) is 7.75. The van der Waals surface area contributed by atoms with Crippen LogP contribution < -0.4 is 0 Å². The molecule has 1 aliphatic rings. The maximum atomic E-state index is 13.6. The molecule has 3 heteroatoms. The van der Waals surface area contributed by atoms with E-state index >= 15 is 0 Å². The summed E-state index contributed by atoms with van der Waals surface area (Å²) in [5.41, 5.74) is 7.73. The van der Waals surface area contributed by atoms with E-state index < -0.39 is 0 Å². The lowest BCUT2D eigenvalue weighted by Crippen LogP contribution is -2.50. The Balaban J connectivity index is 1.33. The van der Waals surface area contributed by atoms with E-state index in [4.69, 9.17) is 0 Å². The third kappa shape index (κ3) is 5.68. The maximum absolute atomic E-state index is 13.6. The van der Waals surface area contributed by atoms with Gasteiger partial charge in [0.25, 0.3) is 0 Å². The zero-order valence-corrected chi connectivity index (χ0v) is 21.9. The minimum absolute atomic E-state index is 0.0691. The summed E-state index contributed by atoms with van der Waals surface area (Å²) in [6, 6.07) is 38.4. The van der Waals surface area contributed by atoms with Crippen LogP contribution in [0.1, 0.15) is 51.8 Å². The standard InChI is InChI=1S/C34H36N2O/c1-26-13-12-14-27(2)33(26)34(30-19-10-5-11-20-30)36-23-21-35(22-24-36)32(37)25-31(28-15-6-3-7-16-28)29-17-8-4-9-18-29/h3-20,31,34H,21-25H2,1-2H3. The van der Waals surface area contributed by atoms with Crippen LogP contribution >= 0.6 is 0 Å². The number of carbonyl (C=O) groups is 1. The molecule has 0 saturated carbocycles. The highest BCUT2D eigenvalue weighted by atomic mass is 16.2. The van der Waals surface area contributed by atoms with Crippen LogP contribution in [-0.2, 0) is 4.79 Å². The summed E-state index contributed by atoms with van der Waals surface area (Å²) in [6.07, 6.45) is 0.493. The van der Waals surface area contributed by atoms with E-state index in [1.807, 2.05) is 12.1 Å². The molecule has 0 spiro atoms. The topological polar surface area (TPSA) is 23.6 Å². The first-order valence-corrected chi connectivity index (χ1v) is 13.3. The van der Waals surface area contributed by atoms with Crippen molar-refractivity contribution >= 4 is 5.91 Å². The van der Waals surface area contributed by atoms with Gasteiger partial charge in [0.15, 0.2) is 0 Å². The van der Waals surface area contributed by atoms with Crippen LogP contribution in [0.25, 0.3) is 0 Å². The molecule has 188 valence electrons. The van der Waals surface area contributed by atoms with Gasteiger partial charge in [-0.1, -0.05) is 109 Å². The number of carbonyl (C=O) groups excluding carboxylic acids is 1. The number of hydrogen-bond acceptors (Lipinski definition) is 2. The molecule has 1 saturated heterocycles. The van der Waals surface area contributed by atoms with Crippen molar-refractivity contribution in [2.45, 2.75) is 32.2 Å². The molecule has 4 aromatic carbocycles. The second kappa shape index (κ2) is 11.6. The molecule has 0 N–H and O–H groups in total. The molecule has 3 nitrogen and oxygen atoms in total. The zero-order chi connectivity index (χ0) is 25.6. The lowest BCUT2D eigenvalue weighted by Gasteiger charge is -2.41. The third-order valence-corrected chi connectivity index (χ3v) is 7.75. The molecular formula is C34H36N2O. The quantitative estimate of drug-likeness (QED) is 0.287. The number of piperazine rings is 1. The van der Waals surface area contributed by atoms with Gasteiger partial charge in [-0.25, -0.2) is 0 Å². The van der Waals surface area contributed by atoms with Crippen LogP contribution in [0.3, 0.4) is 0 Å². The molecule has 1 atom stereocenters. The van der Waals surface area contributed by atoms with Crippen molar-refractivity contribution in [3.8, 4) is 0 Å². The Morgan fingerprint density at radius 1 is 0.622 bits per heavy atom. The molecule has 1 amide bonds. The van der Waals surface area contributed by atoms with Gasteiger partial charge in [0, 0.05) is 38.5 Å². The number of amides is 1. The van der Waals surface area contributed by atoms with E-state index in [1.54, 1.807) is 0 Å². The van der Waals surface area contributed by atoms with E-state index in [0.29, 0.717) is 6.42 Å². The van der Waals surface area contributed by atoms with E-state index in [0.717, 1.165) is 26.2 Å². The predicted octanol–water partition coefficient (Wildman–Crippen LogP) is 6.76. The number of benzene rings is 4. The summed E-state index contributed by atoms with van der Waals surface area (Å²) in [6.45, 7) is 7.66. The van der Waals surface area contributed by atoms with Crippen molar-refractivity contribution in [3.63, 3.8) is 0 Å². The number of hydrogen-bond donors (Lipinski definition) is 0. The van der Waals surface area contributed by atoms with Crippen molar-refractivity contribution in [1.29, 1.82) is 0 Å². The van der Waals surface area contributed by atoms with Crippen LogP contribution in [-0.4, -0.2) is 41.9 Å². The molecular weight excluding hydrogens is 452 g/mol. The highest BCUT2D eigenvalue weighted by Gasteiger charge is 2.30. The summed E-state index contributed by atoms with van der Waals surface area (Å²) in [5, 5.41) is 0. The fourth-order valence-corrected chi connectivity index (χ4v) is 5.79. The average Bonchev–Trinajstić information content (AvgIpc) is 2.95. The van der Waals surface area contributed by atoms with Gasteiger partial charge < -0.3 is 4.90 Å². The molecule has 1 heterocycles. The Labute approximate surface area is 221 Å². The minimum Gasteiger partial charge on any atom is -0.340 e. The fourth-order valence-electron chi connectivity index (χ4n) is 5.79. The predicted molar refractivity (Wildman–Crippen MR) is 152 cm³/mol. The fraction of sp³-hybridized carbons (Fsp3) is 0.265. The number of aryl methyl sites for hydroxylation is 2. The molecule has 0 aromatic heterocycles. The van der Waals surface area contributed by atoms with Gasteiger partial charge in [0.1, 0.15) is 0 Å². The summed E-state index contributed by atoms with van der Waals surface area (Å²) in [4.78, 5) is 18.2. The van der Waals surface area contributed by atoms with Crippen molar-refractivity contribution in [2.24, 2.45) is 0 Å². The summed E-state index contributed by atoms with van der Waals surface area (Å²) in [5.74, 6) is 0.306. The SMILES string of the molecule is Cc1cccc(C)c1C(c1ccccc1)N1CCN(C(=O)CC(c2ccccc2)c2ccccc2)CC1. The molecule has 0 aliphatic carbocycles. The zero-order valence-electron chi connectivity index (χ0n) is 21.9. The van der Waals surface area contributed by atoms with E-state index in [9.17, 15) is 4.79 Å². The first kappa shape index (κ1) is 25.0. The van der Waals surface area contributed by atoms with Gasteiger partial charge in [-0.15, -0.1) is 0 Å². The lowest BCUT2D eigenvalue weighted by atomic mass is 9.88. The molecule has 1 fully saturated rings. The first-order chi connectivity index (χ1) is 18.1. The van der Waals surface area contributed by atoms with Gasteiger partial charge in [0.2, 0.25) is 5.91 Å². The van der Waals surface area contributed by atoms with Gasteiger partial charge in [-0.2, -0.15) is 0 Å². The van der Waals surface area contributed by atoms with E-state index in [-0.39, 0.29) is 17.9 Å². The minimum atomic E-state index is 0.0691. The van der Waals surface area contributed by atoms with Gasteiger partial charge >= 0.3 is 0 Å². The molecule has 5 rings (SSSR count). The van der Waals surface area contributed by atoms with Crippen LogP contribution in [0.15, 0.2) is 109 Å². The van der Waals surface area contributed by atoms with Gasteiger partial charge in [-0.05, 0) is 47.2 Å². The van der Waals surface area contributed by atoms with Crippen LogP contribution in [0.5, 0.6) is 0 Å². The molecule has 4 aromatic rings. The second-order valence-electron chi connectivity index (χ2n) is 10.1. The average molecular weight is 489 g/mol. The number of rotatable bonds is 7. The normalized spacial score (nSPS) is 15.1. The Hall–Kier alpha value is -3.69. The Morgan fingerprint density at radius 3 is 1.57 bits per heavy atom. The Bertz CT molecular complexity index is 1240. The highest BCUT2D eigenvalue weighted by molar-refractivity contribution is 5.78. The van der Waals surface area contributed by atoms with Crippen molar-refractivity contribution in [1.82, 2.24) is 9.80 Å². The molecule has 0 bridgehead atoms. The van der Waals surface area contributed by atoms with E-state index in [1.165, 1.54) is 33.4 Å². The van der Waals surface area contributed by atoms with Crippen LogP contribution in [0, 0.1) is 13.8 Å². The molecule has 37 heavy (non-hydrogen) atoms. The largest absolute Gasteiger partial charge is 0.340 e. The second-order valence-corrected chi connectivity index (χ2v) is 10.1. The van der Waals surface area contributed by atoms with Crippen LogP contribution in [0.4, 0.5) is 0 Å². The van der Waals surface area contributed by atoms with Crippen LogP contribution in [0.2, 0.25) is 0 Å². The van der Waals surface area contributed by atoms with Crippen molar-refractivity contribution < 1.29 is 4.79 Å². The van der Waals surface area contributed by atoms with Crippen molar-refractivity contribution in [3.05, 3.63) is 143 Å². The highest BCUT2D eigenvalue weighted by Crippen LogP contribution is 2.34. The van der Waals surface area contributed by atoms with E-state index in [2.05, 4.69) is 121 Å². The van der Waals surface area contributed by atoms with Gasteiger partial charge in [-0.3, -0.25) is 9.69 Å². The first-order valence-electron chi connectivity index (χ1n) is 13.3. The maximum Gasteiger partial charge on any atom is 0.223 e. The molecule has 1 aliphatic heterocycles. The Kier molecular flexibility index (Phi) is 7.82. The van der Waals surface area contributed by atoms with Gasteiger partial charge in [0.05, 0.1) is 6.04 Å². The monoisotopic (exact) mass is 488 g/mol. The Morgan fingerprint density at radius 2 is 1.08 bits per heavy atom. The number of nitrogens with zero attached hydrogens (tertiary/aromatic N) is 2. The van der Waals surface area contributed by atoms with Crippen molar-refractivity contribution in [2.75, 3.05) is 26.2 Å².